The monoisotopic (exact) mass is 261 g/mol. The molecule has 3 rings (SSSR count). The summed E-state index contributed by atoms with van der Waals surface area (Å²) in [5.41, 5.74) is 7.68. The topological polar surface area (TPSA) is 55.3 Å². The standard InChI is InChI=1S/C14H16FN3O/c15-13-7-10(12-8-17-19-14(12)16)3-4-11(13)9-18-5-1-2-6-18/h3-4,7-8H,1-2,5-6,9,16H2. The van der Waals surface area contributed by atoms with Crippen LogP contribution >= 0.6 is 0 Å². The van der Waals surface area contributed by atoms with Gasteiger partial charge in [-0.15, -0.1) is 0 Å². The summed E-state index contributed by atoms with van der Waals surface area (Å²) in [7, 11) is 0. The van der Waals surface area contributed by atoms with E-state index in [-0.39, 0.29) is 11.7 Å². The Bertz CT molecular complexity index is 576. The van der Waals surface area contributed by atoms with Gasteiger partial charge in [0.2, 0.25) is 5.88 Å². The number of hydrogen-bond donors (Lipinski definition) is 1. The molecule has 4 nitrogen and oxygen atoms in total. The molecule has 0 amide bonds. The molecule has 2 aromatic rings. The summed E-state index contributed by atoms with van der Waals surface area (Å²) >= 11 is 0. The highest BCUT2D eigenvalue weighted by atomic mass is 19.1. The molecule has 0 bridgehead atoms. The van der Waals surface area contributed by atoms with E-state index >= 15 is 0 Å². The van der Waals surface area contributed by atoms with Gasteiger partial charge in [0, 0.05) is 12.1 Å². The van der Waals surface area contributed by atoms with Crippen LogP contribution in [-0.4, -0.2) is 23.1 Å². The number of benzene rings is 1. The Morgan fingerprint density at radius 3 is 2.74 bits per heavy atom. The van der Waals surface area contributed by atoms with Crippen LogP contribution < -0.4 is 5.73 Å². The van der Waals surface area contributed by atoms with Crippen molar-refractivity contribution < 1.29 is 8.91 Å². The van der Waals surface area contributed by atoms with Gasteiger partial charge in [0.05, 0.1) is 11.8 Å². The minimum Gasteiger partial charge on any atom is -0.367 e. The van der Waals surface area contributed by atoms with Crippen molar-refractivity contribution in [3.05, 3.63) is 35.8 Å². The van der Waals surface area contributed by atoms with Crippen molar-refractivity contribution in [2.75, 3.05) is 18.8 Å². The molecule has 1 aliphatic rings. The molecule has 1 saturated heterocycles. The van der Waals surface area contributed by atoms with Crippen LogP contribution in [0.2, 0.25) is 0 Å². The van der Waals surface area contributed by atoms with Gasteiger partial charge in [0.25, 0.3) is 0 Å². The lowest BCUT2D eigenvalue weighted by Gasteiger charge is -2.15. The average Bonchev–Trinajstić information content (AvgIpc) is 3.03. The number of halogens is 1. The third-order valence-corrected chi connectivity index (χ3v) is 3.56. The first-order chi connectivity index (χ1) is 9.24. The zero-order chi connectivity index (χ0) is 13.2. The largest absolute Gasteiger partial charge is 0.367 e. The van der Waals surface area contributed by atoms with Crippen molar-refractivity contribution in [3.63, 3.8) is 0 Å². The van der Waals surface area contributed by atoms with E-state index in [0.29, 0.717) is 17.7 Å². The lowest BCUT2D eigenvalue weighted by atomic mass is 10.1. The van der Waals surface area contributed by atoms with Gasteiger partial charge < -0.3 is 10.3 Å². The first-order valence-corrected chi connectivity index (χ1v) is 6.45. The lowest BCUT2D eigenvalue weighted by molar-refractivity contribution is 0.325. The number of aromatic nitrogens is 1. The van der Waals surface area contributed by atoms with Gasteiger partial charge in [-0.05, 0) is 37.6 Å². The fraction of sp³-hybridized carbons (Fsp3) is 0.357. The quantitative estimate of drug-likeness (QED) is 0.922. The predicted molar refractivity (Wildman–Crippen MR) is 70.8 cm³/mol. The summed E-state index contributed by atoms with van der Waals surface area (Å²) in [4.78, 5) is 2.27. The summed E-state index contributed by atoms with van der Waals surface area (Å²) in [6, 6.07) is 5.17. The Morgan fingerprint density at radius 1 is 1.32 bits per heavy atom. The molecule has 1 aliphatic heterocycles. The number of nitrogens with zero attached hydrogens (tertiary/aromatic N) is 2. The zero-order valence-corrected chi connectivity index (χ0v) is 10.6. The fourth-order valence-electron chi connectivity index (χ4n) is 2.49. The first kappa shape index (κ1) is 12.2. The van der Waals surface area contributed by atoms with Crippen molar-refractivity contribution in [3.8, 4) is 11.1 Å². The van der Waals surface area contributed by atoms with Crippen LogP contribution in [0, 0.1) is 5.82 Å². The molecule has 1 aromatic carbocycles. The normalized spacial score (nSPS) is 16.1. The Morgan fingerprint density at radius 2 is 2.11 bits per heavy atom. The molecular weight excluding hydrogens is 245 g/mol. The van der Waals surface area contributed by atoms with Gasteiger partial charge >= 0.3 is 0 Å². The van der Waals surface area contributed by atoms with Crippen LogP contribution in [0.1, 0.15) is 18.4 Å². The summed E-state index contributed by atoms with van der Waals surface area (Å²) in [6.07, 6.45) is 3.91. The Kier molecular flexibility index (Phi) is 3.21. The summed E-state index contributed by atoms with van der Waals surface area (Å²) in [5.74, 6) is 0.0108. The molecule has 2 heterocycles. The van der Waals surface area contributed by atoms with Crippen LogP contribution in [0.25, 0.3) is 11.1 Å². The van der Waals surface area contributed by atoms with Crippen LogP contribution in [0.3, 0.4) is 0 Å². The zero-order valence-electron chi connectivity index (χ0n) is 10.6. The maximum Gasteiger partial charge on any atom is 0.229 e. The lowest BCUT2D eigenvalue weighted by Crippen LogP contribution is -2.19. The molecular formula is C14H16FN3O. The molecule has 1 fully saturated rings. The van der Waals surface area contributed by atoms with Gasteiger partial charge in [0.1, 0.15) is 5.82 Å². The predicted octanol–water partition coefficient (Wildman–Crippen LogP) is 2.66. The van der Waals surface area contributed by atoms with Crippen molar-refractivity contribution in [2.24, 2.45) is 0 Å². The highest BCUT2D eigenvalue weighted by Crippen LogP contribution is 2.27. The van der Waals surface area contributed by atoms with Crippen LogP contribution in [0.4, 0.5) is 10.3 Å². The van der Waals surface area contributed by atoms with E-state index in [1.54, 1.807) is 0 Å². The molecule has 0 aliphatic carbocycles. The molecule has 0 atom stereocenters. The minimum absolute atomic E-state index is 0.204. The summed E-state index contributed by atoms with van der Waals surface area (Å²) < 4.78 is 18.9. The van der Waals surface area contributed by atoms with Gasteiger partial charge in [0.15, 0.2) is 0 Å². The Hall–Kier alpha value is -1.88. The van der Waals surface area contributed by atoms with Crippen molar-refractivity contribution in [1.82, 2.24) is 10.1 Å². The van der Waals surface area contributed by atoms with E-state index in [1.807, 2.05) is 12.1 Å². The maximum absolute atomic E-state index is 14.1. The second kappa shape index (κ2) is 5.01. The molecule has 0 radical (unpaired) electrons. The van der Waals surface area contributed by atoms with Gasteiger partial charge in [-0.3, -0.25) is 4.90 Å². The third-order valence-electron chi connectivity index (χ3n) is 3.56. The van der Waals surface area contributed by atoms with E-state index in [0.717, 1.165) is 18.7 Å². The van der Waals surface area contributed by atoms with Gasteiger partial charge in [-0.2, -0.15) is 0 Å². The Balaban J connectivity index is 1.83. The molecule has 0 saturated carbocycles. The maximum atomic E-state index is 14.1. The fourth-order valence-corrected chi connectivity index (χ4v) is 2.49. The number of rotatable bonds is 3. The molecule has 0 unspecified atom stereocenters. The average molecular weight is 261 g/mol. The van der Waals surface area contributed by atoms with Crippen LogP contribution in [-0.2, 0) is 6.54 Å². The second-order valence-corrected chi connectivity index (χ2v) is 4.89. The minimum atomic E-state index is -0.204. The SMILES string of the molecule is Nc1oncc1-c1ccc(CN2CCCC2)c(F)c1. The second-order valence-electron chi connectivity index (χ2n) is 4.89. The third kappa shape index (κ3) is 2.46. The number of nitrogen functional groups attached to an aromatic ring is 1. The highest BCUT2D eigenvalue weighted by molar-refractivity contribution is 5.71. The molecule has 19 heavy (non-hydrogen) atoms. The van der Waals surface area contributed by atoms with E-state index in [9.17, 15) is 4.39 Å². The summed E-state index contributed by atoms with van der Waals surface area (Å²) in [6.45, 7) is 2.78. The molecule has 5 heteroatoms. The van der Waals surface area contributed by atoms with Crippen molar-refractivity contribution >= 4 is 5.88 Å². The van der Waals surface area contributed by atoms with Gasteiger partial charge in [-0.25, -0.2) is 4.39 Å². The van der Waals surface area contributed by atoms with E-state index in [1.165, 1.54) is 25.1 Å². The van der Waals surface area contributed by atoms with Crippen molar-refractivity contribution in [1.29, 1.82) is 0 Å². The number of likely N-dealkylation sites (tertiary alicyclic amines) is 1. The first-order valence-electron chi connectivity index (χ1n) is 6.45. The number of anilines is 1. The highest BCUT2D eigenvalue weighted by Gasteiger charge is 2.15. The molecule has 100 valence electrons. The van der Waals surface area contributed by atoms with E-state index in [4.69, 9.17) is 10.3 Å². The van der Waals surface area contributed by atoms with E-state index < -0.39 is 0 Å². The molecule has 1 aromatic heterocycles. The number of hydrogen-bond acceptors (Lipinski definition) is 4. The van der Waals surface area contributed by atoms with Crippen molar-refractivity contribution in [2.45, 2.75) is 19.4 Å². The smallest absolute Gasteiger partial charge is 0.229 e. The van der Waals surface area contributed by atoms with Crippen LogP contribution in [0.5, 0.6) is 0 Å². The molecule has 2 N–H and O–H groups in total. The Labute approximate surface area is 111 Å². The summed E-state index contributed by atoms with van der Waals surface area (Å²) in [5, 5.41) is 3.60. The van der Waals surface area contributed by atoms with Gasteiger partial charge in [-0.1, -0.05) is 17.3 Å². The van der Waals surface area contributed by atoms with Crippen LogP contribution in [0.15, 0.2) is 28.9 Å². The number of nitrogens with two attached hydrogens (primary N) is 1. The molecule has 0 spiro atoms. The van der Waals surface area contributed by atoms with E-state index in [2.05, 4.69) is 10.1 Å².